The third-order valence-corrected chi connectivity index (χ3v) is 1.64. The molecule has 0 N–H and O–H groups in total. The van der Waals surface area contributed by atoms with E-state index in [0.717, 1.165) is 5.56 Å². The second-order valence-electron chi connectivity index (χ2n) is 2.12. The molecule has 0 fully saturated rings. The van der Waals surface area contributed by atoms with Gasteiger partial charge >= 0.3 is 5.43 Å². The average Bonchev–Trinajstić information content (AvgIpc) is 2.03. The lowest BCUT2D eigenvalue weighted by Gasteiger charge is -2.00. The molecule has 0 aliphatic carbocycles. The van der Waals surface area contributed by atoms with Crippen LogP contribution >= 0.6 is 23.2 Å². The summed E-state index contributed by atoms with van der Waals surface area (Å²) in [5.74, 6) is 0.793. The SMILES string of the molecule is O=C(Cl)Oc1cccc(CCl)c1. The Kier molecular flexibility index (Phi) is 3.38. The second kappa shape index (κ2) is 4.33. The fourth-order valence-electron chi connectivity index (χ4n) is 0.785. The minimum atomic E-state index is -0.846. The van der Waals surface area contributed by atoms with Crippen LogP contribution in [0.15, 0.2) is 24.3 Å². The topological polar surface area (TPSA) is 26.3 Å². The number of alkyl halides is 1. The van der Waals surface area contributed by atoms with Gasteiger partial charge in [-0.1, -0.05) is 12.1 Å². The molecule has 0 amide bonds. The molecule has 0 aliphatic heterocycles. The van der Waals surface area contributed by atoms with Gasteiger partial charge in [-0.15, -0.1) is 11.6 Å². The molecule has 4 heteroatoms. The predicted molar refractivity (Wildman–Crippen MR) is 47.9 cm³/mol. The molecule has 0 bridgehead atoms. The Morgan fingerprint density at radius 1 is 1.50 bits per heavy atom. The van der Waals surface area contributed by atoms with Gasteiger partial charge in [0.15, 0.2) is 0 Å². The number of rotatable bonds is 2. The Hall–Kier alpha value is -0.730. The summed E-state index contributed by atoms with van der Waals surface area (Å²) in [6.07, 6.45) is 0. The molecular formula is C8H6Cl2O2. The van der Waals surface area contributed by atoms with Crippen LogP contribution in [-0.4, -0.2) is 5.43 Å². The summed E-state index contributed by atoms with van der Waals surface area (Å²) in [5.41, 5.74) is 0.0359. The molecule has 0 atom stereocenters. The van der Waals surface area contributed by atoms with Gasteiger partial charge in [-0.05, 0) is 17.7 Å². The molecule has 0 saturated carbocycles. The first-order valence-corrected chi connectivity index (χ1v) is 4.16. The maximum atomic E-state index is 10.3. The van der Waals surface area contributed by atoms with Gasteiger partial charge in [0.25, 0.3) is 0 Å². The van der Waals surface area contributed by atoms with E-state index in [9.17, 15) is 4.79 Å². The zero-order valence-corrected chi connectivity index (χ0v) is 7.60. The first kappa shape index (κ1) is 9.36. The maximum Gasteiger partial charge on any atom is 0.409 e. The fourth-order valence-corrected chi connectivity index (χ4v) is 1.04. The molecule has 0 spiro atoms. The second-order valence-corrected chi connectivity index (χ2v) is 2.70. The van der Waals surface area contributed by atoms with E-state index in [4.69, 9.17) is 23.2 Å². The van der Waals surface area contributed by atoms with Crippen molar-refractivity contribution in [2.75, 3.05) is 0 Å². The van der Waals surface area contributed by atoms with Crippen LogP contribution in [0.4, 0.5) is 4.79 Å². The quantitative estimate of drug-likeness (QED) is 0.547. The smallest absolute Gasteiger partial charge is 0.409 e. The van der Waals surface area contributed by atoms with Crippen LogP contribution in [-0.2, 0) is 5.88 Å². The van der Waals surface area contributed by atoms with Crippen LogP contribution in [0.3, 0.4) is 0 Å². The van der Waals surface area contributed by atoms with Crippen molar-refractivity contribution >= 4 is 28.6 Å². The summed E-state index contributed by atoms with van der Waals surface area (Å²) in [5, 5.41) is 0. The van der Waals surface area contributed by atoms with Crippen molar-refractivity contribution in [3.8, 4) is 5.75 Å². The largest absolute Gasteiger partial charge is 0.414 e. The normalized spacial score (nSPS) is 9.50. The molecule has 1 rings (SSSR count). The Morgan fingerprint density at radius 2 is 2.25 bits per heavy atom. The van der Waals surface area contributed by atoms with Crippen LogP contribution in [0.25, 0.3) is 0 Å². The lowest BCUT2D eigenvalue weighted by molar-refractivity contribution is 0.225. The summed E-state index contributed by atoms with van der Waals surface area (Å²) in [6.45, 7) is 0. The third-order valence-electron chi connectivity index (χ3n) is 1.25. The Labute approximate surface area is 80.0 Å². The maximum absolute atomic E-state index is 10.3. The van der Waals surface area contributed by atoms with E-state index in [1.807, 2.05) is 6.07 Å². The molecule has 2 nitrogen and oxygen atoms in total. The van der Waals surface area contributed by atoms with Crippen LogP contribution < -0.4 is 4.74 Å². The zero-order chi connectivity index (χ0) is 8.97. The number of carbonyl (C=O) groups excluding carboxylic acids is 1. The fraction of sp³-hybridized carbons (Fsp3) is 0.125. The molecule has 1 aromatic rings. The molecule has 0 aromatic heterocycles. The summed E-state index contributed by atoms with van der Waals surface area (Å²) < 4.78 is 4.62. The molecule has 12 heavy (non-hydrogen) atoms. The lowest BCUT2D eigenvalue weighted by Crippen LogP contribution is -1.96. The number of carbonyl (C=O) groups is 1. The van der Waals surface area contributed by atoms with Gasteiger partial charge < -0.3 is 4.74 Å². The molecule has 1 aromatic carbocycles. The Balaban J connectivity index is 2.79. The van der Waals surface area contributed by atoms with E-state index in [1.165, 1.54) is 0 Å². The average molecular weight is 205 g/mol. The van der Waals surface area contributed by atoms with Crippen LogP contribution in [0.1, 0.15) is 5.56 Å². The molecule has 0 aliphatic rings. The summed E-state index contributed by atoms with van der Waals surface area (Å²) in [7, 11) is 0. The highest BCUT2D eigenvalue weighted by atomic mass is 35.5. The highest BCUT2D eigenvalue weighted by Gasteiger charge is 1.99. The minimum absolute atomic E-state index is 0.383. The van der Waals surface area contributed by atoms with E-state index in [0.29, 0.717) is 11.6 Å². The van der Waals surface area contributed by atoms with Gasteiger partial charge in [0, 0.05) is 17.5 Å². The highest BCUT2D eigenvalue weighted by Crippen LogP contribution is 2.15. The van der Waals surface area contributed by atoms with Crippen molar-refractivity contribution in [1.82, 2.24) is 0 Å². The standard InChI is InChI=1S/C8H6Cl2O2/c9-5-6-2-1-3-7(4-6)12-8(10)11/h1-4H,5H2. The van der Waals surface area contributed by atoms with Crippen molar-refractivity contribution in [2.24, 2.45) is 0 Å². The van der Waals surface area contributed by atoms with Gasteiger partial charge in [0.05, 0.1) is 0 Å². The summed E-state index contributed by atoms with van der Waals surface area (Å²) in [6, 6.07) is 6.87. The lowest BCUT2D eigenvalue weighted by atomic mass is 10.2. The molecule has 0 saturated heterocycles. The van der Waals surface area contributed by atoms with Gasteiger partial charge in [0.1, 0.15) is 5.75 Å². The third kappa shape index (κ3) is 2.72. The summed E-state index contributed by atoms with van der Waals surface area (Å²) >= 11 is 10.6. The van der Waals surface area contributed by atoms with Crippen LogP contribution in [0.2, 0.25) is 0 Å². The monoisotopic (exact) mass is 204 g/mol. The molecule has 64 valence electrons. The summed E-state index contributed by atoms with van der Waals surface area (Å²) in [4.78, 5) is 10.3. The van der Waals surface area contributed by atoms with Gasteiger partial charge in [-0.2, -0.15) is 0 Å². The van der Waals surface area contributed by atoms with Crippen LogP contribution in [0.5, 0.6) is 5.75 Å². The predicted octanol–water partition coefficient (Wildman–Crippen LogP) is 3.16. The van der Waals surface area contributed by atoms with Crippen LogP contribution in [0, 0.1) is 0 Å². The number of hydrogen-bond acceptors (Lipinski definition) is 2. The van der Waals surface area contributed by atoms with E-state index in [1.54, 1.807) is 18.2 Å². The van der Waals surface area contributed by atoms with Gasteiger partial charge in [-0.3, -0.25) is 0 Å². The van der Waals surface area contributed by atoms with Gasteiger partial charge in [0.2, 0.25) is 0 Å². The van der Waals surface area contributed by atoms with Crippen molar-refractivity contribution < 1.29 is 9.53 Å². The zero-order valence-electron chi connectivity index (χ0n) is 6.09. The number of ether oxygens (including phenoxy) is 1. The van der Waals surface area contributed by atoms with Crippen molar-refractivity contribution in [3.63, 3.8) is 0 Å². The molecule has 0 unspecified atom stereocenters. The number of hydrogen-bond donors (Lipinski definition) is 0. The van der Waals surface area contributed by atoms with E-state index in [-0.39, 0.29) is 0 Å². The first-order valence-electron chi connectivity index (χ1n) is 3.24. The molecule has 0 radical (unpaired) electrons. The Morgan fingerprint density at radius 3 is 2.83 bits per heavy atom. The number of halogens is 2. The van der Waals surface area contributed by atoms with Crippen molar-refractivity contribution in [2.45, 2.75) is 5.88 Å². The Bertz CT molecular complexity index is 286. The molecular weight excluding hydrogens is 199 g/mol. The van der Waals surface area contributed by atoms with Crippen molar-refractivity contribution in [3.05, 3.63) is 29.8 Å². The first-order chi connectivity index (χ1) is 5.72. The van der Waals surface area contributed by atoms with Gasteiger partial charge in [-0.25, -0.2) is 4.79 Å². The minimum Gasteiger partial charge on any atom is -0.414 e. The number of benzene rings is 1. The van der Waals surface area contributed by atoms with E-state index >= 15 is 0 Å². The highest BCUT2D eigenvalue weighted by molar-refractivity contribution is 6.61. The van der Waals surface area contributed by atoms with E-state index in [2.05, 4.69) is 4.74 Å². The van der Waals surface area contributed by atoms with Crippen molar-refractivity contribution in [1.29, 1.82) is 0 Å². The van der Waals surface area contributed by atoms with E-state index < -0.39 is 5.43 Å². The molecule has 0 heterocycles.